The number of rotatable bonds is 6. The molecule has 0 aliphatic carbocycles. The molecular weight excluding hydrogens is 278 g/mol. The Balaban J connectivity index is 2.07. The van der Waals surface area contributed by atoms with E-state index in [1.807, 2.05) is 17.5 Å². The molecule has 0 fully saturated rings. The van der Waals surface area contributed by atoms with Gasteiger partial charge in [0, 0.05) is 23.6 Å². The van der Waals surface area contributed by atoms with Crippen LogP contribution in [0.4, 0.5) is 0 Å². The molecule has 1 aromatic carbocycles. The van der Waals surface area contributed by atoms with Crippen molar-refractivity contribution in [1.82, 2.24) is 14.9 Å². The van der Waals surface area contributed by atoms with Crippen molar-refractivity contribution in [3.63, 3.8) is 0 Å². The highest BCUT2D eigenvalue weighted by Gasteiger charge is 2.21. The Kier molecular flexibility index (Phi) is 4.36. The molecule has 0 radical (unpaired) electrons. The lowest BCUT2D eigenvalue weighted by molar-refractivity contribution is 0.547. The molecule has 4 heteroatoms. The molecule has 0 amide bonds. The van der Waals surface area contributed by atoms with Crippen molar-refractivity contribution in [1.29, 1.82) is 0 Å². The lowest BCUT2D eigenvalue weighted by atomic mass is 10.0. The van der Waals surface area contributed by atoms with Crippen LogP contribution in [0.2, 0.25) is 0 Å². The van der Waals surface area contributed by atoms with Gasteiger partial charge in [-0.3, -0.25) is 0 Å². The van der Waals surface area contributed by atoms with E-state index in [1.165, 1.54) is 15.6 Å². The summed E-state index contributed by atoms with van der Waals surface area (Å²) in [6.07, 6.45) is 5.11. The monoisotopic (exact) mass is 299 g/mol. The maximum Gasteiger partial charge on any atom is 0.130 e. The highest BCUT2D eigenvalue weighted by Crippen LogP contribution is 2.33. The molecule has 0 saturated carbocycles. The molecule has 2 heterocycles. The molecule has 3 nitrogen and oxygen atoms in total. The Labute approximate surface area is 129 Å². The largest absolute Gasteiger partial charge is 0.333 e. The zero-order chi connectivity index (χ0) is 14.7. The number of hydrogen-bond acceptors (Lipinski definition) is 3. The molecule has 0 saturated heterocycles. The van der Waals surface area contributed by atoms with Crippen LogP contribution < -0.4 is 5.32 Å². The van der Waals surface area contributed by atoms with Gasteiger partial charge in [0.15, 0.2) is 0 Å². The maximum absolute atomic E-state index is 4.62. The number of aryl methyl sites for hydroxylation is 1. The molecule has 1 atom stereocenters. The third-order valence-corrected chi connectivity index (χ3v) is 4.68. The van der Waals surface area contributed by atoms with Gasteiger partial charge in [0.1, 0.15) is 5.82 Å². The van der Waals surface area contributed by atoms with Crippen molar-refractivity contribution in [3.05, 3.63) is 53.4 Å². The van der Waals surface area contributed by atoms with E-state index in [4.69, 9.17) is 0 Å². The number of aromatic nitrogens is 2. The van der Waals surface area contributed by atoms with Crippen molar-refractivity contribution in [2.24, 2.45) is 0 Å². The van der Waals surface area contributed by atoms with Gasteiger partial charge < -0.3 is 9.88 Å². The van der Waals surface area contributed by atoms with Gasteiger partial charge in [0.2, 0.25) is 0 Å². The predicted molar refractivity (Wildman–Crippen MR) is 89.9 cm³/mol. The van der Waals surface area contributed by atoms with E-state index < -0.39 is 0 Å². The van der Waals surface area contributed by atoms with Gasteiger partial charge in [-0.15, -0.1) is 11.3 Å². The predicted octanol–water partition coefficient (Wildman–Crippen LogP) is 4.21. The molecule has 0 aliphatic heterocycles. The summed E-state index contributed by atoms with van der Waals surface area (Å²) in [5, 5.41) is 7.20. The SMILES string of the molecule is CCCn1ccnc1C(NCC)c1csc2ccccc12. The summed E-state index contributed by atoms with van der Waals surface area (Å²) in [4.78, 5) is 4.62. The first-order valence-corrected chi connectivity index (χ1v) is 8.43. The van der Waals surface area contributed by atoms with Crippen LogP contribution in [0.25, 0.3) is 10.1 Å². The van der Waals surface area contributed by atoms with Gasteiger partial charge in [-0.1, -0.05) is 32.0 Å². The van der Waals surface area contributed by atoms with Gasteiger partial charge in [-0.25, -0.2) is 4.98 Å². The number of nitrogens with one attached hydrogen (secondary N) is 1. The first-order chi connectivity index (χ1) is 10.3. The van der Waals surface area contributed by atoms with Gasteiger partial charge in [0.25, 0.3) is 0 Å². The summed E-state index contributed by atoms with van der Waals surface area (Å²) in [6.45, 7) is 6.29. The number of thiophene rings is 1. The minimum atomic E-state index is 0.160. The molecular formula is C17H21N3S. The first-order valence-electron chi connectivity index (χ1n) is 7.55. The van der Waals surface area contributed by atoms with E-state index in [9.17, 15) is 0 Å². The smallest absolute Gasteiger partial charge is 0.130 e. The topological polar surface area (TPSA) is 29.9 Å². The summed E-state index contributed by atoms with van der Waals surface area (Å²) in [6, 6.07) is 8.76. The molecule has 0 spiro atoms. The van der Waals surface area contributed by atoms with E-state index in [-0.39, 0.29) is 6.04 Å². The number of fused-ring (bicyclic) bond motifs is 1. The van der Waals surface area contributed by atoms with Crippen molar-refractivity contribution in [2.45, 2.75) is 32.9 Å². The fraction of sp³-hybridized carbons (Fsp3) is 0.353. The highest BCUT2D eigenvalue weighted by atomic mass is 32.1. The average molecular weight is 299 g/mol. The Hall–Kier alpha value is -1.65. The summed E-state index contributed by atoms with van der Waals surface area (Å²) >= 11 is 1.81. The van der Waals surface area contributed by atoms with Gasteiger partial charge in [-0.2, -0.15) is 0 Å². The third kappa shape index (κ3) is 2.74. The van der Waals surface area contributed by atoms with Crippen LogP contribution >= 0.6 is 11.3 Å². The fourth-order valence-electron chi connectivity index (χ4n) is 2.78. The highest BCUT2D eigenvalue weighted by molar-refractivity contribution is 7.17. The Morgan fingerprint density at radius 2 is 2.14 bits per heavy atom. The Morgan fingerprint density at radius 1 is 1.29 bits per heavy atom. The second-order valence-electron chi connectivity index (χ2n) is 5.16. The average Bonchev–Trinajstić information content (AvgIpc) is 3.12. The van der Waals surface area contributed by atoms with Crippen molar-refractivity contribution >= 4 is 21.4 Å². The van der Waals surface area contributed by atoms with Crippen LogP contribution in [0.15, 0.2) is 42.0 Å². The van der Waals surface area contributed by atoms with Crippen molar-refractivity contribution in [2.75, 3.05) is 6.54 Å². The zero-order valence-electron chi connectivity index (χ0n) is 12.5. The fourth-order valence-corrected chi connectivity index (χ4v) is 3.76. The van der Waals surface area contributed by atoms with Gasteiger partial charge in [0.05, 0.1) is 6.04 Å². The first kappa shape index (κ1) is 14.3. The quantitative estimate of drug-likeness (QED) is 0.739. The third-order valence-electron chi connectivity index (χ3n) is 3.70. The van der Waals surface area contributed by atoms with Crippen LogP contribution in [0.5, 0.6) is 0 Å². The lowest BCUT2D eigenvalue weighted by Crippen LogP contribution is -2.25. The second kappa shape index (κ2) is 6.41. The summed E-state index contributed by atoms with van der Waals surface area (Å²) in [7, 11) is 0. The van der Waals surface area contributed by atoms with Crippen LogP contribution in [-0.2, 0) is 6.54 Å². The zero-order valence-corrected chi connectivity index (χ0v) is 13.4. The number of nitrogens with zero attached hydrogens (tertiary/aromatic N) is 2. The van der Waals surface area contributed by atoms with E-state index in [0.717, 1.165) is 25.3 Å². The molecule has 2 aromatic heterocycles. The lowest BCUT2D eigenvalue weighted by Gasteiger charge is -2.19. The standard InChI is InChI=1S/C17H21N3S/c1-3-10-20-11-9-19-17(20)16(18-4-2)14-12-21-15-8-6-5-7-13(14)15/h5-9,11-12,16,18H,3-4,10H2,1-2H3. The Bertz CT molecular complexity index is 713. The molecule has 1 N–H and O–H groups in total. The number of imidazole rings is 1. The molecule has 110 valence electrons. The Morgan fingerprint density at radius 3 is 2.95 bits per heavy atom. The van der Waals surface area contributed by atoms with Crippen molar-refractivity contribution < 1.29 is 0 Å². The van der Waals surface area contributed by atoms with Crippen LogP contribution in [0.3, 0.4) is 0 Å². The molecule has 1 unspecified atom stereocenters. The summed E-state index contributed by atoms with van der Waals surface area (Å²) in [5.74, 6) is 1.11. The summed E-state index contributed by atoms with van der Waals surface area (Å²) in [5.41, 5.74) is 1.33. The van der Waals surface area contributed by atoms with E-state index in [1.54, 1.807) is 0 Å². The normalized spacial score (nSPS) is 12.9. The molecule has 0 bridgehead atoms. The maximum atomic E-state index is 4.62. The number of benzene rings is 1. The minimum Gasteiger partial charge on any atom is -0.333 e. The molecule has 0 aliphatic rings. The summed E-state index contributed by atoms with van der Waals surface area (Å²) < 4.78 is 3.60. The minimum absolute atomic E-state index is 0.160. The van der Waals surface area contributed by atoms with Gasteiger partial charge in [-0.05, 0) is 35.4 Å². The van der Waals surface area contributed by atoms with E-state index >= 15 is 0 Å². The van der Waals surface area contributed by atoms with Gasteiger partial charge >= 0.3 is 0 Å². The van der Waals surface area contributed by atoms with Crippen LogP contribution in [-0.4, -0.2) is 16.1 Å². The van der Waals surface area contributed by atoms with E-state index in [2.05, 4.69) is 64.6 Å². The van der Waals surface area contributed by atoms with Crippen molar-refractivity contribution in [3.8, 4) is 0 Å². The van der Waals surface area contributed by atoms with Crippen LogP contribution in [0, 0.1) is 0 Å². The molecule has 3 aromatic rings. The number of hydrogen-bond donors (Lipinski definition) is 1. The van der Waals surface area contributed by atoms with Crippen LogP contribution in [0.1, 0.15) is 37.7 Å². The van der Waals surface area contributed by atoms with E-state index in [0.29, 0.717) is 0 Å². The second-order valence-corrected chi connectivity index (χ2v) is 6.07. The molecule has 21 heavy (non-hydrogen) atoms. The molecule has 3 rings (SSSR count).